The molecule has 0 saturated heterocycles. The van der Waals surface area contributed by atoms with Crippen molar-refractivity contribution in [2.45, 2.75) is 25.9 Å². The summed E-state index contributed by atoms with van der Waals surface area (Å²) in [6, 6.07) is 5.85. The first-order valence-corrected chi connectivity index (χ1v) is 8.78. The van der Waals surface area contributed by atoms with Crippen LogP contribution >= 0.6 is 0 Å². The summed E-state index contributed by atoms with van der Waals surface area (Å²) in [5.74, 6) is -2.05. The summed E-state index contributed by atoms with van der Waals surface area (Å²) in [5, 5.41) is 10.8. The maximum absolute atomic E-state index is 11.6. The van der Waals surface area contributed by atoms with E-state index in [1.807, 2.05) is 0 Å². The second-order valence-electron chi connectivity index (χ2n) is 4.91. The van der Waals surface area contributed by atoms with Gasteiger partial charge < -0.3 is 9.47 Å². The van der Waals surface area contributed by atoms with Gasteiger partial charge in [0.05, 0.1) is 10.5 Å². The Kier molecular flexibility index (Phi) is 7.95. The number of nitro groups is 1. The Morgan fingerprint density at radius 2 is 1.72 bits per heavy atom. The molecular formula is C14H17NO9S. The summed E-state index contributed by atoms with van der Waals surface area (Å²) in [4.78, 5) is 33.1. The van der Waals surface area contributed by atoms with Crippen molar-refractivity contribution in [3.8, 4) is 0 Å². The fourth-order valence-corrected chi connectivity index (χ4v) is 2.05. The summed E-state index contributed by atoms with van der Waals surface area (Å²) < 4.78 is 38.8. The molecule has 0 atom stereocenters. The van der Waals surface area contributed by atoms with Gasteiger partial charge in [0.2, 0.25) is 0 Å². The summed E-state index contributed by atoms with van der Waals surface area (Å²) in [6.45, 7) is -0.728. The van der Waals surface area contributed by atoms with Crippen LogP contribution in [0.2, 0.25) is 0 Å². The first-order chi connectivity index (χ1) is 11.7. The third kappa shape index (κ3) is 8.77. The van der Waals surface area contributed by atoms with Crippen LogP contribution in [-0.2, 0) is 35.8 Å². The topological polar surface area (TPSA) is 150 Å². The predicted octanol–water partition coefficient (Wildman–Crippen LogP) is 1.24. The Morgan fingerprint density at radius 3 is 2.32 bits per heavy atom. The fourth-order valence-electron chi connectivity index (χ4n) is 1.75. The molecule has 0 saturated carbocycles. The van der Waals surface area contributed by atoms with Crippen LogP contribution in [0.3, 0.4) is 0 Å². The van der Waals surface area contributed by atoms with Crippen molar-refractivity contribution in [1.82, 2.24) is 0 Å². The number of nitro benzene ring substituents is 1. The van der Waals surface area contributed by atoms with Crippen LogP contribution in [0.5, 0.6) is 0 Å². The normalized spacial score (nSPS) is 10.9. The minimum Gasteiger partial charge on any atom is -0.464 e. The SMILES string of the molecule is O=C(CCCC(=O)OCc1ccccc1[N+](=O)[O-])OCCS(=O)(=O)O. The van der Waals surface area contributed by atoms with E-state index in [1.165, 1.54) is 18.2 Å². The summed E-state index contributed by atoms with van der Waals surface area (Å²) >= 11 is 0. The van der Waals surface area contributed by atoms with Crippen LogP contribution < -0.4 is 0 Å². The predicted molar refractivity (Wildman–Crippen MR) is 84.1 cm³/mol. The minimum atomic E-state index is -4.20. The molecule has 1 rings (SSSR count). The standard InChI is InChI=1S/C14H17NO9S/c16-13(23-8-9-25(20,21)22)6-3-7-14(17)24-10-11-4-1-2-5-12(11)15(18)19/h1-2,4-5H,3,6-10H2,(H,20,21,22). The number of carbonyl (C=O) groups excluding carboxylic acids is 2. The Labute approximate surface area is 143 Å². The highest BCUT2D eigenvalue weighted by molar-refractivity contribution is 7.85. The van der Waals surface area contributed by atoms with E-state index >= 15 is 0 Å². The molecule has 0 aliphatic carbocycles. The number of hydrogen-bond acceptors (Lipinski definition) is 8. The summed E-state index contributed by atoms with van der Waals surface area (Å²) in [6.07, 6.45) is -0.124. The van der Waals surface area contributed by atoms with E-state index in [1.54, 1.807) is 6.07 Å². The maximum Gasteiger partial charge on any atom is 0.306 e. The van der Waals surface area contributed by atoms with Crippen molar-refractivity contribution in [1.29, 1.82) is 0 Å². The van der Waals surface area contributed by atoms with E-state index in [0.717, 1.165) is 0 Å². The first-order valence-electron chi connectivity index (χ1n) is 7.18. The number of nitrogens with zero attached hydrogens (tertiary/aromatic N) is 1. The molecule has 0 radical (unpaired) electrons. The van der Waals surface area contributed by atoms with Gasteiger partial charge in [-0.2, -0.15) is 8.42 Å². The molecule has 0 heterocycles. The maximum atomic E-state index is 11.6. The average Bonchev–Trinajstić information content (AvgIpc) is 2.52. The highest BCUT2D eigenvalue weighted by Crippen LogP contribution is 2.18. The number of hydrogen-bond donors (Lipinski definition) is 1. The second-order valence-corrected chi connectivity index (χ2v) is 6.48. The Hall–Kier alpha value is -2.53. The molecule has 0 aromatic heterocycles. The Morgan fingerprint density at radius 1 is 1.12 bits per heavy atom. The summed E-state index contributed by atoms with van der Waals surface area (Å²) in [7, 11) is -4.20. The molecule has 0 fully saturated rings. The van der Waals surface area contributed by atoms with Gasteiger partial charge in [0, 0.05) is 18.9 Å². The van der Waals surface area contributed by atoms with E-state index in [2.05, 4.69) is 4.74 Å². The first kappa shape index (κ1) is 20.5. The zero-order valence-corrected chi connectivity index (χ0v) is 13.9. The molecule has 0 aliphatic heterocycles. The lowest BCUT2D eigenvalue weighted by molar-refractivity contribution is -0.385. The lowest BCUT2D eigenvalue weighted by Gasteiger charge is -2.06. The molecule has 0 aliphatic rings. The minimum absolute atomic E-state index is 0.103. The van der Waals surface area contributed by atoms with Gasteiger partial charge in [0.15, 0.2) is 0 Å². The molecule has 1 aromatic rings. The molecule has 1 N–H and O–H groups in total. The van der Waals surface area contributed by atoms with Crippen molar-refractivity contribution >= 4 is 27.7 Å². The van der Waals surface area contributed by atoms with Gasteiger partial charge in [-0.25, -0.2) is 0 Å². The Bertz CT molecular complexity index is 730. The molecule has 25 heavy (non-hydrogen) atoms. The lowest BCUT2D eigenvalue weighted by atomic mass is 10.2. The second kappa shape index (κ2) is 9.69. The molecule has 0 unspecified atom stereocenters. The fraction of sp³-hybridized carbons (Fsp3) is 0.429. The van der Waals surface area contributed by atoms with Crippen molar-refractivity contribution < 1.29 is 37.0 Å². The highest BCUT2D eigenvalue weighted by atomic mass is 32.2. The van der Waals surface area contributed by atoms with E-state index in [4.69, 9.17) is 9.29 Å². The van der Waals surface area contributed by atoms with Gasteiger partial charge in [-0.15, -0.1) is 0 Å². The Balaban J connectivity index is 2.27. The lowest BCUT2D eigenvalue weighted by Crippen LogP contribution is -2.15. The largest absolute Gasteiger partial charge is 0.464 e. The van der Waals surface area contributed by atoms with Gasteiger partial charge in [-0.1, -0.05) is 12.1 Å². The van der Waals surface area contributed by atoms with Crippen LogP contribution in [0.15, 0.2) is 24.3 Å². The highest BCUT2D eigenvalue weighted by Gasteiger charge is 2.14. The summed E-state index contributed by atoms with van der Waals surface area (Å²) in [5.41, 5.74) is 0.100. The molecule has 11 heteroatoms. The van der Waals surface area contributed by atoms with Crippen molar-refractivity contribution in [2.75, 3.05) is 12.4 Å². The molecule has 0 amide bonds. The number of esters is 2. The van der Waals surface area contributed by atoms with Crippen LogP contribution in [0.1, 0.15) is 24.8 Å². The molecular weight excluding hydrogens is 358 g/mol. The van der Waals surface area contributed by atoms with Gasteiger partial charge in [0.25, 0.3) is 15.8 Å². The zero-order chi connectivity index (χ0) is 18.9. The van der Waals surface area contributed by atoms with Gasteiger partial charge in [0.1, 0.15) is 19.0 Å². The number of ether oxygens (including phenoxy) is 2. The molecule has 1 aromatic carbocycles. The smallest absolute Gasteiger partial charge is 0.306 e. The van der Waals surface area contributed by atoms with E-state index < -0.39 is 39.3 Å². The number of rotatable bonds is 10. The van der Waals surface area contributed by atoms with Crippen LogP contribution in [0.4, 0.5) is 5.69 Å². The number of para-hydroxylation sites is 1. The quantitative estimate of drug-likeness (QED) is 0.276. The van der Waals surface area contributed by atoms with Crippen molar-refractivity contribution in [3.63, 3.8) is 0 Å². The van der Waals surface area contributed by atoms with Crippen molar-refractivity contribution in [3.05, 3.63) is 39.9 Å². The van der Waals surface area contributed by atoms with Crippen LogP contribution in [0.25, 0.3) is 0 Å². The third-order valence-corrected chi connectivity index (χ3v) is 3.63. The van der Waals surface area contributed by atoms with E-state index in [-0.39, 0.29) is 37.1 Å². The van der Waals surface area contributed by atoms with Gasteiger partial charge in [-0.05, 0) is 12.5 Å². The van der Waals surface area contributed by atoms with E-state index in [9.17, 15) is 28.1 Å². The van der Waals surface area contributed by atoms with Crippen LogP contribution in [0, 0.1) is 10.1 Å². The van der Waals surface area contributed by atoms with E-state index in [0.29, 0.717) is 0 Å². The molecule has 0 spiro atoms. The van der Waals surface area contributed by atoms with Gasteiger partial charge in [-0.3, -0.25) is 24.3 Å². The molecule has 10 nitrogen and oxygen atoms in total. The zero-order valence-electron chi connectivity index (χ0n) is 13.1. The third-order valence-electron chi connectivity index (χ3n) is 2.94. The number of carbonyl (C=O) groups is 2. The number of benzene rings is 1. The average molecular weight is 375 g/mol. The monoisotopic (exact) mass is 375 g/mol. The van der Waals surface area contributed by atoms with Crippen LogP contribution in [-0.4, -0.2) is 42.2 Å². The molecule has 138 valence electrons. The van der Waals surface area contributed by atoms with Crippen molar-refractivity contribution in [2.24, 2.45) is 0 Å². The van der Waals surface area contributed by atoms with Gasteiger partial charge >= 0.3 is 11.9 Å². The molecule has 0 bridgehead atoms.